The summed E-state index contributed by atoms with van der Waals surface area (Å²) in [4.78, 5) is 1.35. The zero-order chi connectivity index (χ0) is 11.8. The first kappa shape index (κ1) is 13.2. The quantitative estimate of drug-likeness (QED) is 0.506. The molecule has 1 aromatic carbocycles. The van der Waals surface area contributed by atoms with Gasteiger partial charge in [-0.3, -0.25) is 0 Å². The van der Waals surface area contributed by atoms with Crippen LogP contribution in [0.5, 0.6) is 0 Å². The molecule has 0 bridgehead atoms. The summed E-state index contributed by atoms with van der Waals surface area (Å²) in [6, 6.07) is 8.89. The Bertz CT molecular complexity index is 331. The van der Waals surface area contributed by atoms with Gasteiger partial charge in [-0.05, 0) is 35.8 Å². The summed E-state index contributed by atoms with van der Waals surface area (Å²) in [5, 5.41) is 0. The van der Waals surface area contributed by atoms with Gasteiger partial charge in [0.15, 0.2) is 0 Å². The lowest BCUT2D eigenvalue weighted by molar-refractivity contribution is 0.628. The van der Waals surface area contributed by atoms with Crippen LogP contribution in [-0.2, 0) is 0 Å². The minimum atomic E-state index is 0.538. The van der Waals surface area contributed by atoms with E-state index in [9.17, 15) is 0 Å². The van der Waals surface area contributed by atoms with E-state index in [-0.39, 0.29) is 0 Å². The van der Waals surface area contributed by atoms with Crippen molar-refractivity contribution in [2.24, 2.45) is 0 Å². The van der Waals surface area contributed by atoms with Gasteiger partial charge in [0.25, 0.3) is 0 Å². The highest BCUT2D eigenvalue weighted by atomic mass is 32.2. The molecule has 0 aromatic heterocycles. The van der Waals surface area contributed by atoms with Crippen LogP contribution in [0.15, 0.2) is 29.2 Å². The molecule has 16 heavy (non-hydrogen) atoms. The van der Waals surface area contributed by atoms with Crippen LogP contribution in [0.25, 0.3) is 0 Å². The van der Waals surface area contributed by atoms with E-state index < -0.39 is 0 Å². The minimum absolute atomic E-state index is 0.538. The second kappa shape index (κ2) is 7.41. The van der Waals surface area contributed by atoms with Crippen LogP contribution in [-0.4, -0.2) is 5.75 Å². The first-order valence-corrected chi connectivity index (χ1v) is 6.96. The number of hydrogen-bond donors (Lipinski definition) is 0. The molecule has 0 aliphatic rings. The Labute approximate surface area is 104 Å². The molecule has 0 nitrogen and oxygen atoms in total. The summed E-state index contributed by atoms with van der Waals surface area (Å²) in [6.07, 6.45) is 8.65. The Balaban J connectivity index is 2.73. The molecule has 1 heteroatoms. The van der Waals surface area contributed by atoms with Crippen LogP contribution in [0, 0.1) is 12.3 Å². The minimum Gasteiger partial charge on any atom is -0.126 e. The molecule has 0 spiro atoms. The molecular formula is C15H20S. The molecule has 0 aliphatic carbocycles. The average Bonchev–Trinajstić information content (AvgIpc) is 2.30. The van der Waals surface area contributed by atoms with Crippen molar-refractivity contribution in [3.63, 3.8) is 0 Å². The van der Waals surface area contributed by atoms with E-state index in [0.717, 1.165) is 12.2 Å². The fourth-order valence-electron chi connectivity index (χ4n) is 1.88. The summed E-state index contributed by atoms with van der Waals surface area (Å²) in [5.74, 6) is 4.45. The fourth-order valence-corrected chi connectivity index (χ4v) is 2.54. The lowest BCUT2D eigenvalue weighted by Gasteiger charge is -2.14. The van der Waals surface area contributed by atoms with Gasteiger partial charge in [-0.25, -0.2) is 0 Å². The van der Waals surface area contributed by atoms with E-state index >= 15 is 0 Å². The second-order valence-corrected chi connectivity index (χ2v) is 5.23. The molecule has 0 amide bonds. The summed E-state index contributed by atoms with van der Waals surface area (Å²) in [7, 11) is 0. The highest BCUT2D eigenvalue weighted by Gasteiger charge is 2.08. The summed E-state index contributed by atoms with van der Waals surface area (Å²) in [5.41, 5.74) is 1.39. The van der Waals surface area contributed by atoms with Crippen molar-refractivity contribution in [3.8, 4) is 12.3 Å². The summed E-state index contributed by atoms with van der Waals surface area (Å²) < 4.78 is 0. The number of benzene rings is 1. The number of hydrogen-bond acceptors (Lipinski definition) is 1. The van der Waals surface area contributed by atoms with Gasteiger partial charge < -0.3 is 0 Å². The Morgan fingerprint density at radius 3 is 2.44 bits per heavy atom. The standard InChI is InChI=1S/C15H20S/c1-4-7-13(8-5-2)14-9-11-15(12-10-14)16-6-3/h1,9-13H,5-8H2,2-3H3. The maximum atomic E-state index is 5.42. The number of rotatable bonds is 6. The van der Waals surface area contributed by atoms with Crippen molar-refractivity contribution in [2.45, 2.75) is 43.9 Å². The molecule has 0 saturated heterocycles. The van der Waals surface area contributed by atoms with E-state index in [1.165, 1.54) is 23.3 Å². The van der Waals surface area contributed by atoms with Gasteiger partial charge in [-0.15, -0.1) is 24.1 Å². The van der Waals surface area contributed by atoms with Crippen LogP contribution in [0.4, 0.5) is 0 Å². The van der Waals surface area contributed by atoms with E-state index in [1.54, 1.807) is 0 Å². The molecule has 1 atom stereocenters. The van der Waals surface area contributed by atoms with Gasteiger partial charge in [0.05, 0.1) is 0 Å². The van der Waals surface area contributed by atoms with Crippen LogP contribution < -0.4 is 0 Å². The van der Waals surface area contributed by atoms with Gasteiger partial charge in [0.2, 0.25) is 0 Å². The Morgan fingerprint density at radius 2 is 1.94 bits per heavy atom. The maximum Gasteiger partial charge on any atom is 0.0155 e. The van der Waals surface area contributed by atoms with Crippen molar-refractivity contribution in [1.29, 1.82) is 0 Å². The molecule has 1 aromatic rings. The third-order valence-corrected chi connectivity index (χ3v) is 3.56. The van der Waals surface area contributed by atoms with E-state index in [4.69, 9.17) is 6.42 Å². The van der Waals surface area contributed by atoms with Gasteiger partial charge in [0.1, 0.15) is 0 Å². The zero-order valence-electron chi connectivity index (χ0n) is 10.2. The first-order valence-electron chi connectivity index (χ1n) is 5.98. The Hall–Kier alpha value is -0.870. The SMILES string of the molecule is C#CCC(CCC)c1ccc(SCC)cc1. The average molecular weight is 232 g/mol. The van der Waals surface area contributed by atoms with Crippen LogP contribution in [0.1, 0.15) is 44.6 Å². The third-order valence-electron chi connectivity index (χ3n) is 2.66. The Kier molecular flexibility index (Phi) is 6.11. The second-order valence-electron chi connectivity index (χ2n) is 3.90. The predicted molar refractivity (Wildman–Crippen MR) is 73.9 cm³/mol. The number of thioether (sulfide) groups is 1. The highest BCUT2D eigenvalue weighted by molar-refractivity contribution is 7.99. The largest absolute Gasteiger partial charge is 0.126 e. The Morgan fingerprint density at radius 1 is 1.25 bits per heavy atom. The van der Waals surface area contributed by atoms with Gasteiger partial charge in [-0.2, -0.15) is 0 Å². The smallest absolute Gasteiger partial charge is 0.0155 e. The molecule has 86 valence electrons. The van der Waals surface area contributed by atoms with Crippen LogP contribution in [0.2, 0.25) is 0 Å². The fraction of sp³-hybridized carbons (Fsp3) is 0.467. The van der Waals surface area contributed by atoms with Crippen molar-refractivity contribution in [2.75, 3.05) is 5.75 Å². The van der Waals surface area contributed by atoms with Crippen molar-refractivity contribution in [1.82, 2.24) is 0 Å². The van der Waals surface area contributed by atoms with Crippen LogP contribution in [0.3, 0.4) is 0 Å². The van der Waals surface area contributed by atoms with Crippen LogP contribution >= 0.6 is 11.8 Å². The molecule has 1 rings (SSSR count). The van der Waals surface area contributed by atoms with Gasteiger partial charge in [0, 0.05) is 11.3 Å². The van der Waals surface area contributed by atoms with Crippen molar-refractivity contribution >= 4 is 11.8 Å². The van der Waals surface area contributed by atoms with E-state index in [1.807, 2.05) is 11.8 Å². The lowest BCUT2D eigenvalue weighted by atomic mass is 9.92. The normalized spacial score (nSPS) is 12.1. The van der Waals surface area contributed by atoms with Gasteiger partial charge in [-0.1, -0.05) is 32.4 Å². The third kappa shape index (κ3) is 3.94. The summed E-state index contributed by atoms with van der Waals surface area (Å²) >= 11 is 1.88. The van der Waals surface area contributed by atoms with E-state index in [0.29, 0.717) is 5.92 Å². The molecule has 0 aliphatic heterocycles. The monoisotopic (exact) mass is 232 g/mol. The highest BCUT2D eigenvalue weighted by Crippen LogP contribution is 2.27. The zero-order valence-corrected chi connectivity index (χ0v) is 11.0. The lowest BCUT2D eigenvalue weighted by Crippen LogP contribution is -1.97. The molecule has 0 heterocycles. The molecule has 0 fully saturated rings. The maximum absolute atomic E-state index is 5.42. The predicted octanol–water partition coefficient (Wildman–Crippen LogP) is 4.71. The molecule has 1 unspecified atom stereocenters. The topological polar surface area (TPSA) is 0 Å². The summed E-state index contributed by atoms with van der Waals surface area (Å²) in [6.45, 7) is 4.39. The molecule has 0 saturated carbocycles. The number of terminal acetylenes is 1. The van der Waals surface area contributed by atoms with Crippen molar-refractivity contribution < 1.29 is 0 Å². The molecular weight excluding hydrogens is 212 g/mol. The molecule has 0 radical (unpaired) electrons. The van der Waals surface area contributed by atoms with Crippen molar-refractivity contribution in [3.05, 3.63) is 29.8 Å². The van der Waals surface area contributed by atoms with Gasteiger partial charge >= 0.3 is 0 Å². The van der Waals surface area contributed by atoms with E-state index in [2.05, 4.69) is 44.0 Å². The molecule has 0 N–H and O–H groups in total. The first-order chi connectivity index (χ1) is 7.81.